The van der Waals surface area contributed by atoms with Crippen molar-refractivity contribution in [3.8, 4) is 5.75 Å². The lowest BCUT2D eigenvalue weighted by molar-refractivity contribution is -0.424. The quantitative estimate of drug-likeness (QED) is 0.259. The van der Waals surface area contributed by atoms with Crippen molar-refractivity contribution in [3.05, 3.63) is 65.7 Å². The lowest BCUT2D eigenvalue weighted by Crippen LogP contribution is -2.80. The molecule has 4 aliphatic heterocycles. The third kappa shape index (κ3) is 3.93. The van der Waals surface area contributed by atoms with Crippen molar-refractivity contribution in [1.29, 1.82) is 0 Å². The topological polar surface area (TPSA) is 191 Å². The van der Waals surface area contributed by atoms with Crippen LogP contribution in [0.3, 0.4) is 0 Å². The Bertz CT molecular complexity index is 1420. The monoisotopic (exact) mass is 600 g/mol. The smallest absolute Gasteiger partial charge is 0.338 e. The molecular weight excluding hydrogens is 568 g/mol. The highest BCUT2D eigenvalue weighted by Crippen LogP contribution is 2.81. The molecule has 4 heterocycles. The Morgan fingerprint density at radius 3 is 2.30 bits per heavy atom. The number of carbonyl (C=O) groups excluding carboxylic acids is 2. The minimum absolute atomic E-state index is 0.0331. The average molecular weight is 601 g/mol. The van der Waals surface area contributed by atoms with Gasteiger partial charge in [0.25, 0.3) is 0 Å². The summed E-state index contributed by atoms with van der Waals surface area (Å²) in [5.74, 6) is -3.44. The van der Waals surface area contributed by atoms with Gasteiger partial charge in [0.15, 0.2) is 18.4 Å². The minimum Gasteiger partial charge on any atom is -0.508 e. The predicted molar refractivity (Wildman–Crippen MR) is 140 cm³/mol. The summed E-state index contributed by atoms with van der Waals surface area (Å²) in [5.41, 5.74) is -3.12. The molecule has 11 atom stereocenters. The molecule has 3 aliphatic carbocycles. The second-order valence-electron chi connectivity index (χ2n) is 12.2. The number of benzene rings is 2. The van der Waals surface area contributed by atoms with Crippen LogP contribution in [0.25, 0.3) is 0 Å². The molecule has 6 bridgehead atoms. The van der Waals surface area contributed by atoms with Crippen molar-refractivity contribution in [1.82, 2.24) is 0 Å². The Labute approximate surface area is 245 Å². The molecule has 9 rings (SSSR count). The van der Waals surface area contributed by atoms with E-state index in [1.807, 2.05) is 0 Å². The Hall–Kier alpha value is -3.14. The number of aliphatic hydroxyl groups is 4. The summed E-state index contributed by atoms with van der Waals surface area (Å²) >= 11 is 0. The highest BCUT2D eigenvalue weighted by atomic mass is 16.8. The van der Waals surface area contributed by atoms with Crippen LogP contribution in [0.5, 0.6) is 5.75 Å². The molecule has 13 heteroatoms. The van der Waals surface area contributed by atoms with E-state index in [1.165, 1.54) is 24.3 Å². The molecule has 3 saturated carbocycles. The van der Waals surface area contributed by atoms with E-state index in [4.69, 9.17) is 28.4 Å². The summed E-state index contributed by atoms with van der Waals surface area (Å²) in [5, 5.41) is 53.1. The summed E-state index contributed by atoms with van der Waals surface area (Å²) in [6.45, 7) is 1.02. The van der Waals surface area contributed by atoms with E-state index in [2.05, 4.69) is 0 Å². The van der Waals surface area contributed by atoms with Crippen molar-refractivity contribution in [2.24, 2.45) is 11.3 Å². The van der Waals surface area contributed by atoms with Crippen LogP contribution in [-0.4, -0.2) is 105 Å². The van der Waals surface area contributed by atoms with E-state index in [9.17, 15) is 35.1 Å². The molecule has 2 aromatic carbocycles. The van der Waals surface area contributed by atoms with Crippen LogP contribution < -0.4 is 0 Å². The molecule has 230 valence electrons. The lowest BCUT2D eigenvalue weighted by atomic mass is 9.41. The van der Waals surface area contributed by atoms with Gasteiger partial charge in [0.2, 0.25) is 0 Å². The molecule has 0 aromatic heterocycles. The van der Waals surface area contributed by atoms with E-state index >= 15 is 0 Å². The zero-order valence-electron chi connectivity index (χ0n) is 23.1. The van der Waals surface area contributed by atoms with Gasteiger partial charge in [-0.1, -0.05) is 18.2 Å². The van der Waals surface area contributed by atoms with Crippen molar-refractivity contribution in [3.63, 3.8) is 0 Å². The average Bonchev–Trinajstić information content (AvgIpc) is 3.18. The number of hydrogen-bond donors (Lipinski definition) is 5. The first-order valence-electron chi connectivity index (χ1n) is 14.1. The number of aliphatic hydroxyl groups excluding tert-OH is 3. The first-order valence-corrected chi connectivity index (χ1v) is 14.1. The lowest BCUT2D eigenvalue weighted by Gasteiger charge is -2.67. The van der Waals surface area contributed by atoms with Gasteiger partial charge in [-0.2, -0.15) is 0 Å². The van der Waals surface area contributed by atoms with E-state index in [0.29, 0.717) is 5.56 Å². The molecular formula is C30H32O13. The zero-order chi connectivity index (χ0) is 30.4. The van der Waals surface area contributed by atoms with Crippen molar-refractivity contribution >= 4 is 11.9 Å². The van der Waals surface area contributed by atoms with Gasteiger partial charge >= 0.3 is 11.9 Å². The summed E-state index contributed by atoms with van der Waals surface area (Å²) in [6, 6.07) is 13.8. The number of esters is 2. The van der Waals surface area contributed by atoms with Crippen LogP contribution in [0.4, 0.5) is 0 Å². The zero-order valence-corrected chi connectivity index (χ0v) is 23.1. The normalized spacial score (nSPS) is 43.7. The Morgan fingerprint density at radius 2 is 1.58 bits per heavy atom. The highest BCUT2D eigenvalue weighted by Gasteiger charge is 2.94. The van der Waals surface area contributed by atoms with Crippen LogP contribution in [0.15, 0.2) is 54.6 Å². The number of ether oxygens (including phenoxy) is 6. The van der Waals surface area contributed by atoms with Crippen LogP contribution in [0, 0.1) is 11.3 Å². The van der Waals surface area contributed by atoms with E-state index in [-0.39, 0.29) is 30.8 Å². The van der Waals surface area contributed by atoms with Gasteiger partial charge in [0.05, 0.1) is 16.5 Å². The molecule has 13 nitrogen and oxygen atoms in total. The van der Waals surface area contributed by atoms with E-state index in [1.54, 1.807) is 37.3 Å². The Kier molecular flexibility index (Phi) is 6.44. The van der Waals surface area contributed by atoms with Crippen molar-refractivity contribution in [2.75, 3.05) is 13.2 Å². The Balaban J connectivity index is 1.12. The molecule has 2 aromatic rings. The van der Waals surface area contributed by atoms with Gasteiger partial charge < -0.3 is 54.0 Å². The molecule has 7 fully saturated rings. The molecule has 4 saturated heterocycles. The van der Waals surface area contributed by atoms with Gasteiger partial charge in [0, 0.05) is 12.3 Å². The van der Waals surface area contributed by atoms with Crippen LogP contribution in [0.1, 0.15) is 40.5 Å². The maximum atomic E-state index is 12.9. The van der Waals surface area contributed by atoms with E-state index < -0.39 is 83.9 Å². The number of phenols is 1. The summed E-state index contributed by atoms with van der Waals surface area (Å²) < 4.78 is 35.6. The number of phenolic OH excluding ortho intramolecular Hbond substituents is 1. The summed E-state index contributed by atoms with van der Waals surface area (Å²) in [4.78, 5) is 25.4. The van der Waals surface area contributed by atoms with Crippen molar-refractivity contribution in [2.45, 2.75) is 73.8 Å². The number of aromatic hydroxyl groups is 1. The molecule has 5 N–H and O–H groups in total. The second-order valence-corrected chi connectivity index (χ2v) is 12.2. The Morgan fingerprint density at radius 1 is 0.907 bits per heavy atom. The minimum atomic E-state index is -1.72. The van der Waals surface area contributed by atoms with Gasteiger partial charge in [-0.25, -0.2) is 9.59 Å². The van der Waals surface area contributed by atoms with Gasteiger partial charge in [-0.3, -0.25) is 0 Å². The maximum absolute atomic E-state index is 12.9. The first-order chi connectivity index (χ1) is 20.4. The summed E-state index contributed by atoms with van der Waals surface area (Å²) in [6.07, 6.45) is -8.60. The van der Waals surface area contributed by atoms with E-state index in [0.717, 1.165) is 0 Å². The number of carbonyl (C=O) groups is 2. The SMILES string of the molecule is C[C@@]12C[C@@]3(O)OC(O1)[C@]1(COC(=O)c4ccccc4)[C@@H]3C[C@@]21O[C@@H]1O[C@H](COC(=O)c2ccc(O)cc2)[C@@H](O)[C@H](O)[C@H]1O. The fraction of sp³-hybridized carbons (Fsp3) is 0.533. The number of hydrogen-bond acceptors (Lipinski definition) is 13. The van der Waals surface area contributed by atoms with Crippen LogP contribution in [-0.2, 0) is 28.4 Å². The maximum Gasteiger partial charge on any atom is 0.338 e. The molecule has 0 spiro atoms. The fourth-order valence-corrected chi connectivity index (χ4v) is 7.70. The molecule has 43 heavy (non-hydrogen) atoms. The van der Waals surface area contributed by atoms with Crippen LogP contribution in [0.2, 0.25) is 0 Å². The summed E-state index contributed by atoms with van der Waals surface area (Å²) in [7, 11) is 0. The largest absolute Gasteiger partial charge is 0.508 e. The third-order valence-electron chi connectivity index (χ3n) is 9.87. The molecule has 0 amide bonds. The molecule has 0 radical (unpaired) electrons. The number of rotatable bonds is 8. The molecule has 1 unspecified atom stereocenters. The van der Waals surface area contributed by atoms with Crippen LogP contribution >= 0.6 is 0 Å². The fourth-order valence-electron chi connectivity index (χ4n) is 7.70. The highest BCUT2D eigenvalue weighted by molar-refractivity contribution is 5.89. The third-order valence-corrected chi connectivity index (χ3v) is 9.87. The first kappa shape index (κ1) is 28.6. The molecule has 7 aliphatic rings. The second kappa shape index (κ2) is 9.68. The van der Waals surface area contributed by atoms with Gasteiger partial charge in [-0.15, -0.1) is 0 Å². The predicted octanol–water partition coefficient (Wildman–Crippen LogP) is 0.213. The van der Waals surface area contributed by atoms with Crippen molar-refractivity contribution < 1.29 is 63.5 Å². The van der Waals surface area contributed by atoms with Gasteiger partial charge in [-0.05, 0) is 49.7 Å². The standard InChI is InChI=1S/C30H32O13/c1-27-13-29(37)19-11-30(27,28(19,26(42-27)43-29)14-39-24(36)15-5-3-2-4-6-15)41-25-22(34)21(33)20(32)18(40-25)12-38-23(35)16-7-9-17(31)10-8-16/h2-10,18-22,25-26,31-34,37H,11-14H2,1H3/t18-,19+,20-,21+,22-,25+,26?,27+,28+,29-,30-/m1/s1. The van der Waals surface area contributed by atoms with Gasteiger partial charge in [0.1, 0.15) is 54.6 Å².